The van der Waals surface area contributed by atoms with E-state index in [9.17, 15) is 0 Å². The summed E-state index contributed by atoms with van der Waals surface area (Å²) >= 11 is 0. The van der Waals surface area contributed by atoms with Crippen LogP contribution < -0.4 is 0 Å². The Hall–Kier alpha value is -2.60. The predicted octanol–water partition coefficient (Wildman–Crippen LogP) is 5.24. The van der Waals surface area contributed by atoms with Crippen molar-refractivity contribution in [2.45, 2.75) is 0 Å². The summed E-state index contributed by atoms with van der Waals surface area (Å²) in [5, 5.41) is 0. The van der Waals surface area contributed by atoms with Crippen LogP contribution in [0.5, 0.6) is 0 Å². The third kappa shape index (κ3) is 2.09. The van der Waals surface area contributed by atoms with E-state index in [0.717, 1.165) is 0 Å². The fourth-order valence-corrected chi connectivity index (χ4v) is 2.97. The van der Waals surface area contributed by atoms with Crippen LogP contribution >= 0.6 is 0 Å². The second-order valence-electron chi connectivity index (χ2n) is 5.25. The second-order valence-corrected chi connectivity index (χ2v) is 5.25. The van der Waals surface area contributed by atoms with Crippen molar-refractivity contribution in [2.75, 3.05) is 0 Å². The van der Waals surface area contributed by atoms with E-state index in [1.54, 1.807) is 0 Å². The molecule has 99 valence electrons. The molecule has 4 rings (SSSR count). The van der Waals surface area contributed by atoms with E-state index < -0.39 is 0 Å². The van der Waals surface area contributed by atoms with Gasteiger partial charge in [0.1, 0.15) is 0 Å². The van der Waals surface area contributed by atoms with Gasteiger partial charge in [-0.2, -0.15) is 0 Å². The first-order valence-electron chi connectivity index (χ1n) is 7.23. The number of rotatable bonds is 2. The number of hydrogen-bond donors (Lipinski definition) is 0. The van der Waals surface area contributed by atoms with Gasteiger partial charge in [-0.25, -0.2) is 0 Å². The van der Waals surface area contributed by atoms with Crippen LogP contribution in [0, 0.1) is 5.92 Å². The highest BCUT2D eigenvalue weighted by Crippen LogP contribution is 2.45. The number of allylic oxidation sites excluding steroid dienone is 8. The zero-order valence-corrected chi connectivity index (χ0v) is 11.7. The molecule has 2 aromatic carbocycles. The summed E-state index contributed by atoms with van der Waals surface area (Å²) in [4.78, 5) is 0. The molecule has 2 aliphatic rings. The van der Waals surface area contributed by atoms with Gasteiger partial charge in [-0.3, -0.25) is 0 Å². The first kappa shape index (κ1) is 12.2. The summed E-state index contributed by atoms with van der Waals surface area (Å²) in [7, 11) is 0. The van der Waals surface area contributed by atoms with Gasteiger partial charge in [0.15, 0.2) is 0 Å². The molecule has 0 spiro atoms. The van der Waals surface area contributed by atoms with Gasteiger partial charge in [0.05, 0.1) is 5.92 Å². The van der Waals surface area contributed by atoms with Crippen molar-refractivity contribution in [3.63, 3.8) is 0 Å². The van der Waals surface area contributed by atoms with Crippen molar-refractivity contribution in [3.05, 3.63) is 114 Å². The van der Waals surface area contributed by atoms with Crippen molar-refractivity contribution in [3.8, 4) is 0 Å². The Bertz CT molecular complexity index is 771. The third-order valence-electron chi connectivity index (χ3n) is 3.97. The Labute approximate surface area is 125 Å². The van der Waals surface area contributed by atoms with Gasteiger partial charge in [0.25, 0.3) is 0 Å². The molecule has 0 saturated carbocycles. The van der Waals surface area contributed by atoms with Crippen LogP contribution in [0.25, 0.3) is 11.1 Å². The van der Waals surface area contributed by atoms with Crippen LogP contribution in [0.4, 0.5) is 0 Å². The molecule has 0 bridgehead atoms. The van der Waals surface area contributed by atoms with Crippen LogP contribution in [-0.2, 0) is 0 Å². The molecule has 0 aliphatic heterocycles. The van der Waals surface area contributed by atoms with Gasteiger partial charge in [-0.15, -0.1) is 0 Å². The zero-order valence-electron chi connectivity index (χ0n) is 11.7. The fourth-order valence-electron chi connectivity index (χ4n) is 2.97. The van der Waals surface area contributed by atoms with Crippen LogP contribution in [0.2, 0.25) is 0 Å². The highest BCUT2D eigenvalue weighted by atomic mass is 14.3. The van der Waals surface area contributed by atoms with E-state index in [1.807, 2.05) is 0 Å². The Morgan fingerprint density at radius 1 is 0.524 bits per heavy atom. The molecule has 0 amide bonds. The summed E-state index contributed by atoms with van der Waals surface area (Å²) in [6, 6.07) is 21.2. The van der Waals surface area contributed by atoms with E-state index in [-0.39, 0.29) is 0 Å². The van der Waals surface area contributed by atoms with Crippen molar-refractivity contribution in [2.24, 2.45) is 0 Å². The van der Waals surface area contributed by atoms with Crippen LogP contribution in [0.3, 0.4) is 0 Å². The zero-order chi connectivity index (χ0) is 14.1. The molecule has 0 unspecified atom stereocenters. The summed E-state index contributed by atoms with van der Waals surface area (Å²) in [6.45, 7) is 0. The summed E-state index contributed by atoms with van der Waals surface area (Å²) in [5.41, 5.74) is 6.49. The lowest BCUT2D eigenvalue weighted by Gasteiger charge is -2.15. The average Bonchev–Trinajstić information content (AvgIpc) is 2.96. The Kier molecular flexibility index (Phi) is 2.93. The third-order valence-corrected chi connectivity index (χ3v) is 3.97. The summed E-state index contributed by atoms with van der Waals surface area (Å²) < 4.78 is 0. The molecule has 0 atom stereocenters. The number of hydrogen-bond acceptors (Lipinski definition) is 0. The number of fused-ring (bicyclic) bond motifs is 1. The van der Waals surface area contributed by atoms with Gasteiger partial charge in [0, 0.05) is 0 Å². The van der Waals surface area contributed by atoms with E-state index in [0.29, 0.717) is 0 Å². The van der Waals surface area contributed by atoms with Crippen LogP contribution in [0.15, 0.2) is 96.6 Å². The molecular weight excluding hydrogens is 252 g/mol. The summed E-state index contributed by atoms with van der Waals surface area (Å²) in [6.07, 6.45) is 11.0. The second kappa shape index (κ2) is 5.06. The normalized spacial score (nSPS) is 17.0. The van der Waals surface area contributed by atoms with Crippen molar-refractivity contribution < 1.29 is 0 Å². The minimum absolute atomic E-state index is 1.27. The first-order chi connectivity index (χ1) is 10.4. The molecule has 2 aliphatic carbocycles. The smallest absolute Gasteiger partial charge is 0.0569 e. The standard InChI is InChI=1S/C21H15/c1-3-9-16(10-4-1)20-15-21(17-11-5-2-6-12-17)19-14-8-7-13-18(19)20/h1-15H. The highest BCUT2D eigenvalue weighted by molar-refractivity contribution is 6.03. The summed E-state index contributed by atoms with van der Waals surface area (Å²) in [5.74, 6) is 1.32. The monoisotopic (exact) mass is 267 g/mol. The maximum atomic E-state index is 2.31. The van der Waals surface area contributed by atoms with E-state index in [1.165, 1.54) is 33.8 Å². The van der Waals surface area contributed by atoms with E-state index in [4.69, 9.17) is 0 Å². The maximum Gasteiger partial charge on any atom is 0.0569 e. The van der Waals surface area contributed by atoms with Crippen LogP contribution in [-0.4, -0.2) is 0 Å². The quantitative estimate of drug-likeness (QED) is 0.698. The average molecular weight is 267 g/mol. The largest absolute Gasteiger partial charge is 0.0680 e. The van der Waals surface area contributed by atoms with Crippen molar-refractivity contribution >= 4 is 11.1 Å². The van der Waals surface area contributed by atoms with Gasteiger partial charge in [0.2, 0.25) is 0 Å². The van der Waals surface area contributed by atoms with Gasteiger partial charge in [-0.05, 0) is 33.9 Å². The van der Waals surface area contributed by atoms with E-state index in [2.05, 4.69) is 91.0 Å². The topological polar surface area (TPSA) is 0 Å². The van der Waals surface area contributed by atoms with Crippen molar-refractivity contribution in [1.29, 1.82) is 0 Å². The molecule has 2 aromatic rings. The lowest BCUT2D eigenvalue weighted by Crippen LogP contribution is -1.99. The minimum atomic E-state index is 1.27. The Morgan fingerprint density at radius 3 is 1.86 bits per heavy atom. The Balaban J connectivity index is 1.86. The molecule has 0 N–H and O–H groups in total. The van der Waals surface area contributed by atoms with Crippen molar-refractivity contribution in [1.82, 2.24) is 0 Å². The number of benzene rings is 2. The van der Waals surface area contributed by atoms with E-state index >= 15 is 0 Å². The molecule has 0 saturated heterocycles. The predicted molar refractivity (Wildman–Crippen MR) is 89.3 cm³/mol. The highest BCUT2D eigenvalue weighted by Gasteiger charge is 2.27. The van der Waals surface area contributed by atoms with Gasteiger partial charge >= 0.3 is 0 Å². The maximum absolute atomic E-state index is 2.31. The lowest BCUT2D eigenvalue weighted by atomic mass is 9.87. The molecule has 0 fully saturated rings. The van der Waals surface area contributed by atoms with Crippen LogP contribution in [0.1, 0.15) is 11.1 Å². The molecule has 0 aromatic heterocycles. The lowest BCUT2D eigenvalue weighted by molar-refractivity contribution is 1.39. The Morgan fingerprint density at radius 2 is 1.14 bits per heavy atom. The molecular formula is C21H15. The molecule has 0 heterocycles. The SMILES string of the molecule is C1=C[C]2C(c3ccccc3)=CC(c3ccccc3)=C2C=C1. The molecule has 0 heteroatoms. The molecule has 21 heavy (non-hydrogen) atoms. The fraction of sp³-hybridized carbons (Fsp3) is 0. The molecule has 1 radical (unpaired) electrons. The van der Waals surface area contributed by atoms with Gasteiger partial charge < -0.3 is 0 Å². The van der Waals surface area contributed by atoms with Gasteiger partial charge in [-0.1, -0.05) is 85.0 Å². The minimum Gasteiger partial charge on any atom is -0.0680 e. The first-order valence-corrected chi connectivity index (χ1v) is 7.23. The molecule has 0 nitrogen and oxygen atoms in total.